The van der Waals surface area contributed by atoms with Crippen LogP contribution in [0.2, 0.25) is 0 Å². The van der Waals surface area contributed by atoms with Gasteiger partial charge in [-0.15, -0.1) is 0 Å². The second-order valence-corrected chi connectivity index (χ2v) is 8.93. The molecule has 4 aromatic rings. The number of fused-ring (bicyclic) bond motifs is 1. The molecule has 36 heavy (non-hydrogen) atoms. The van der Waals surface area contributed by atoms with E-state index >= 15 is 0 Å². The van der Waals surface area contributed by atoms with Crippen molar-refractivity contribution in [2.24, 2.45) is 0 Å². The number of nitriles is 1. The standard InChI is InChI=1S/C29H26BrN3O3/c1-2-35-27-16-21(15-25(30)28(27)36-19-20-8-4-3-5-9-20)14-23(17-31)29(34)32-13-12-22-18-33-26-11-7-6-10-24(22)26/h3-11,14-16,18,33H,2,12-13,19H2,1H3,(H,32,34)/b23-14-. The Morgan fingerprint density at radius 1 is 1.11 bits per heavy atom. The lowest BCUT2D eigenvalue weighted by molar-refractivity contribution is -0.117. The fourth-order valence-corrected chi connectivity index (χ4v) is 4.44. The fourth-order valence-electron chi connectivity index (χ4n) is 3.86. The van der Waals surface area contributed by atoms with Gasteiger partial charge >= 0.3 is 0 Å². The summed E-state index contributed by atoms with van der Waals surface area (Å²) in [5, 5.41) is 13.6. The second kappa shape index (κ2) is 12.1. The van der Waals surface area contributed by atoms with Crippen molar-refractivity contribution < 1.29 is 14.3 Å². The molecule has 0 unspecified atom stereocenters. The van der Waals surface area contributed by atoms with E-state index in [0.717, 1.165) is 22.0 Å². The first-order chi connectivity index (χ1) is 17.6. The average Bonchev–Trinajstić information content (AvgIpc) is 3.30. The number of aromatic amines is 1. The Kier molecular flexibility index (Phi) is 8.43. The number of aromatic nitrogens is 1. The minimum atomic E-state index is -0.421. The van der Waals surface area contributed by atoms with Crippen LogP contribution in [0.1, 0.15) is 23.6 Å². The molecule has 1 heterocycles. The summed E-state index contributed by atoms with van der Waals surface area (Å²) in [4.78, 5) is 15.9. The summed E-state index contributed by atoms with van der Waals surface area (Å²) in [5.41, 5.74) is 3.88. The minimum Gasteiger partial charge on any atom is -0.490 e. The number of hydrogen-bond acceptors (Lipinski definition) is 4. The molecular weight excluding hydrogens is 518 g/mol. The number of hydrogen-bond donors (Lipinski definition) is 2. The van der Waals surface area contributed by atoms with Crippen molar-refractivity contribution in [2.45, 2.75) is 20.0 Å². The van der Waals surface area contributed by atoms with E-state index in [-0.39, 0.29) is 5.57 Å². The molecule has 0 aliphatic carbocycles. The molecule has 1 aromatic heterocycles. The number of benzene rings is 3. The molecule has 182 valence electrons. The normalized spacial score (nSPS) is 11.2. The van der Waals surface area contributed by atoms with E-state index < -0.39 is 5.91 Å². The van der Waals surface area contributed by atoms with E-state index in [9.17, 15) is 10.1 Å². The van der Waals surface area contributed by atoms with Gasteiger partial charge < -0.3 is 19.8 Å². The molecular formula is C29H26BrN3O3. The highest BCUT2D eigenvalue weighted by atomic mass is 79.9. The number of H-pyrrole nitrogens is 1. The molecule has 0 atom stereocenters. The van der Waals surface area contributed by atoms with Crippen LogP contribution in [0, 0.1) is 11.3 Å². The number of ether oxygens (including phenoxy) is 2. The molecule has 2 N–H and O–H groups in total. The molecule has 0 fully saturated rings. The van der Waals surface area contributed by atoms with Gasteiger partial charge in [-0.3, -0.25) is 4.79 Å². The Bertz CT molecular complexity index is 1420. The number of nitrogens with one attached hydrogen (secondary N) is 2. The van der Waals surface area contributed by atoms with Gasteiger partial charge in [0.05, 0.1) is 11.1 Å². The topological polar surface area (TPSA) is 87.1 Å². The summed E-state index contributed by atoms with van der Waals surface area (Å²) in [5.74, 6) is 0.682. The lowest BCUT2D eigenvalue weighted by Gasteiger charge is -2.15. The van der Waals surface area contributed by atoms with E-state index in [1.807, 2.05) is 73.8 Å². The van der Waals surface area contributed by atoms with Crippen LogP contribution in [0.4, 0.5) is 0 Å². The zero-order chi connectivity index (χ0) is 25.3. The van der Waals surface area contributed by atoms with Crippen LogP contribution in [0.25, 0.3) is 17.0 Å². The largest absolute Gasteiger partial charge is 0.490 e. The zero-order valence-corrected chi connectivity index (χ0v) is 21.5. The van der Waals surface area contributed by atoms with Crippen LogP contribution < -0.4 is 14.8 Å². The zero-order valence-electron chi connectivity index (χ0n) is 19.9. The van der Waals surface area contributed by atoms with Crippen LogP contribution >= 0.6 is 15.9 Å². The summed E-state index contributed by atoms with van der Waals surface area (Å²) in [6, 6.07) is 23.5. The summed E-state index contributed by atoms with van der Waals surface area (Å²) in [6.45, 7) is 3.14. The maximum atomic E-state index is 12.7. The quantitative estimate of drug-likeness (QED) is 0.185. The van der Waals surface area contributed by atoms with Gasteiger partial charge in [-0.1, -0.05) is 48.5 Å². The number of carbonyl (C=O) groups excluding carboxylic acids is 1. The number of rotatable bonds is 10. The maximum absolute atomic E-state index is 12.7. The van der Waals surface area contributed by atoms with Gasteiger partial charge in [-0.25, -0.2) is 0 Å². The molecule has 7 heteroatoms. The molecule has 0 bridgehead atoms. The molecule has 0 aliphatic heterocycles. The number of para-hydroxylation sites is 1. The van der Waals surface area contributed by atoms with Gasteiger partial charge in [0.2, 0.25) is 0 Å². The highest BCUT2D eigenvalue weighted by Gasteiger charge is 2.15. The predicted octanol–water partition coefficient (Wildman–Crippen LogP) is 6.17. The van der Waals surface area contributed by atoms with Crippen molar-refractivity contribution in [3.05, 3.63) is 99.7 Å². The Morgan fingerprint density at radius 2 is 1.89 bits per heavy atom. The summed E-state index contributed by atoms with van der Waals surface area (Å²) in [7, 11) is 0. The van der Waals surface area contributed by atoms with Crippen LogP contribution in [0.3, 0.4) is 0 Å². The lowest BCUT2D eigenvalue weighted by Crippen LogP contribution is -2.26. The van der Waals surface area contributed by atoms with Crippen LogP contribution in [-0.4, -0.2) is 24.0 Å². The van der Waals surface area contributed by atoms with Crippen molar-refractivity contribution >= 4 is 38.8 Å². The Morgan fingerprint density at radius 3 is 2.67 bits per heavy atom. The van der Waals surface area contributed by atoms with E-state index in [2.05, 4.69) is 26.2 Å². The monoisotopic (exact) mass is 543 g/mol. The second-order valence-electron chi connectivity index (χ2n) is 8.07. The first kappa shape index (κ1) is 25.1. The van der Waals surface area contributed by atoms with Gasteiger partial charge in [0.1, 0.15) is 18.2 Å². The molecule has 3 aromatic carbocycles. The third kappa shape index (κ3) is 6.15. The third-order valence-electron chi connectivity index (χ3n) is 5.59. The van der Waals surface area contributed by atoms with Crippen molar-refractivity contribution in [1.29, 1.82) is 5.26 Å². The van der Waals surface area contributed by atoms with Gasteiger partial charge in [-0.05, 0) is 70.2 Å². The summed E-state index contributed by atoms with van der Waals surface area (Å²) >= 11 is 3.55. The highest BCUT2D eigenvalue weighted by molar-refractivity contribution is 9.10. The molecule has 0 saturated heterocycles. The average molecular weight is 544 g/mol. The Hall–Kier alpha value is -4.02. The van der Waals surface area contributed by atoms with E-state index in [1.165, 1.54) is 0 Å². The Balaban J connectivity index is 1.45. The number of halogens is 1. The molecule has 0 spiro atoms. The maximum Gasteiger partial charge on any atom is 0.261 e. The molecule has 6 nitrogen and oxygen atoms in total. The Labute approximate surface area is 218 Å². The first-order valence-electron chi connectivity index (χ1n) is 11.7. The SMILES string of the molecule is CCOc1cc(/C=C(/C#N)C(=O)NCCc2c[nH]c3ccccc23)cc(Br)c1OCc1ccccc1. The van der Waals surface area contributed by atoms with E-state index in [1.54, 1.807) is 18.2 Å². The summed E-state index contributed by atoms with van der Waals surface area (Å²) < 4.78 is 12.5. The van der Waals surface area contributed by atoms with Gasteiger partial charge in [-0.2, -0.15) is 5.26 Å². The van der Waals surface area contributed by atoms with Crippen molar-refractivity contribution in [2.75, 3.05) is 13.2 Å². The smallest absolute Gasteiger partial charge is 0.261 e. The van der Waals surface area contributed by atoms with E-state index in [0.29, 0.717) is 47.7 Å². The number of carbonyl (C=O) groups is 1. The van der Waals surface area contributed by atoms with Gasteiger partial charge in [0.15, 0.2) is 11.5 Å². The van der Waals surface area contributed by atoms with E-state index in [4.69, 9.17) is 9.47 Å². The van der Waals surface area contributed by atoms with Crippen LogP contribution in [0.15, 0.2) is 83.0 Å². The van der Waals surface area contributed by atoms with Crippen LogP contribution in [-0.2, 0) is 17.8 Å². The fraction of sp³-hybridized carbons (Fsp3) is 0.172. The van der Waals surface area contributed by atoms with Gasteiger partial charge in [0.25, 0.3) is 5.91 Å². The van der Waals surface area contributed by atoms with Crippen molar-refractivity contribution in [3.8, 4) is 17.6 Å². The summed E-state index contributed by atoms with van der Waals surface area (Å²) in [6.07, 6.45) is 4.16. The minimum absolute atomic E-state index is 0.0150. The van der Waals surface area contributed by atoms with Crippen LogP contribution in [0.5, 0.6) is 11.5 Å². The molecule has 4 rings (SSSR count). The van der Waals surface area contributed by atoms with Crippen molar-refractivity contribution in [1.82, 2.24) is 10.3 Å². The van der Waals surface area contributed by atoms with Crippen molar-refractivity contribution in [3.63, 3.8) is 0 Å². The molecule has 1 amide bonds. The lowest BCUT2D eigenvalue weighted by atomic mass is 10.1. The number of nitrogens with zero attached hydrogens (tertiary/aromatic N) is 1. The predicted molar refractivity (Wildman–Crippen MR) is 145 cm³/mol. The molecule has 0 saturated carbocycles. The first-order valence-corrected chi connectivity index (χ1v) is 12.5. The number of amides is 1. The van der Waals surface area contributed by atoms with Gasteiger partial charge in [0, 0.05) is 23.6 Å². The third-order valence-corrected chi connectivity index (χ3v) is 6.18. The highest BCUT2D eigenvalue weighted by Crippen LogP contribution is 2.38. The molecule has 0 aliphatic rings. The molecule has 0 radical (unpaired) electrons.